The Kier molecular flexibility index (Phi) is 5.65. The quantitative estimate of drug-likeness (QED) is 0.592. The molecule has 1 heterocycles. The summed E-state index contributed by atoms with van der Waals surface area (Å²) in [5.41, 5.74) is 1.56. The van der Waals surface area contributed by atoms with Crippen molar-refractivity contribution in [3.8, 4) is 0 Å². The van der Waals surface area contributed by atoms with Crippen LogP contribution in [0, 0.1) is 0 Å². The van der Waals surface area contributed by atoms with Gasteiger partial charge in [-0.25, -0.2) is 8.42 Å². The third kappa shape index (κ3) is 4.46. The number of amides is 1. The Morgan fingerprint density at radius 1 is 1.00 bits per heavy atom. The van der Waals surface area contributed by atoms with Crippen molar-refractivity contribution in [2.75, 3.05) is 16.3 Å². The minimum absolute atomic E-state index is 0.244. The monoisotopic (exact) mass is 404 g/mol. The van der Waals surface area contributed by atoms with Gasteiger partial charge in [-0.15, -0.1) is 23.1 Å². The summed E-state index contributed by atoms with van der Waals surface area (Å²) in [5.74, 6) is -0.254. The predicted molar refractivity (Wildman–Crippen MR) is 108 cm³/mol. The van der Waals surface area contributed by atoms with Gasteiger partial charge in [0.1, 0.15) is 4.21 Å². The van der Waals surface area contributed by atoms with Crippen LogP contribution in [-0.4, -0.2) is 20.6 Å². The zero-order valence-corrected chi connectivity index (χ0v) is 16.2. The zero-order valence-electron chi connectivity index (χ0n) is 13.8. The lowest BCUT2D eigenvalue weighted by molar-refractivity contribution is 0.102. The second-order valence-electron chi connectivity index (χ2n) is 5.30. The molecule has 0 saturated heterocycles. The Morgan fingerprint density at radius 3 is 2.42 bits per heavy atom. The molecule has 0 bridgehead atoms. The molecule has 0 aliphatic heterocycles. The normalized spacial score (nSPS) is 11.1. The Balaban J connectivity index is 1.70. The summed E-state index contributed by atoms with van der Waals surface area (Å²) in [6, 6.07) is 17.1. The molecule has 26 heavy (non-hydrogen) atoms. The van der Waals surface area contributed by atoms with Crippen LogP contribution in [0.1, 0.15) is 10.4 Å². The predicted octanol–water partition coefficient (Wildman–Crippen LogP) is 4.52. The van der Waals surface area contributed by atoms with E-state index in [1.54, 1.807) is 47.5 Å². The van der Waals surface area contributed by atoms with E-state index in [1.165, 1.54) is 6.07 Å². The van der Waals surface area contributed by atoms with Gasteiger partial charge in [0.2, 0.25) is 0 Å². The number of rotatable bonds is 6. The molecule has 134 valence electrons. The van der Waals surface area contributed by atoms with Gasteiger partial charge in [0.05, 0.1) is 0 Å². The maximum Gasteiger partial charge on any atom is 0.271 e. The van der Waals surface area contributed by atoms with E-state index in [9.17, 15) is 13.2 Å². The molecule has 3 aromatic rings. The van der Waals surface area contributed by atoms with Crippen molar-refractivity contribution < 1.29 is 13.2 Å². The molecule has 3 rings (SSSR count). The highest BCUT2D eigenvalue weighted by atomic mass is 32.2. The number of nitrogens with one attached hydrogen (secondary N) is 2. The second-order valence-corrected chi connectivity index (χ2v) is 9.04. The summed E-state index contributed by atoms with van der Waals surface area (Å²) in [4.78, 5) is 13.4. The average Bonchev–Trinajstić information content (AvgIpc) is 3.18. The zero-order chi connectivity index (χ0) is 18.6. The highest BCUT2D eigenvalue weighted by Crippen LogP contribution is 2.22. The Hall–Kier alpha value is -2.29. The number of sulfonamides is 1. The van der Waals surface area contributed by atoms with E-state index in [-0.39, 0.29) is 10.1 Å². The van der Waals surface area contributed by atoms with Crippen LogP contribution in [-0.2, 0) is 10.0 Å². The first-order valence-corrected chi connectivity index (χ1v) is 11.2. The van der Waals surface area contributed by atoms with Crippen molar-refractivity contribution in [3.63, 3.8) is 0 Å². The molecule has 1 aromatic heterocycles. The lowest BCUT2D eigenvalue weighted by atomic mass is 10.2. The standard InChI is InChI=1S/C18H16N2O3S3/c1-24-16-5-2-4-15(12-16)19-18(21)13-7-9-14(10-8-13)20-26(22,23)17-6-3-11-25-17/h2-12,20H,1H3,(H,19,21). The van der Waals surface area contributed by atoms with Crippen LogP contribution in [0.4, 0.5) is 11.4 Å². The van der Waals surface area contributed by atoms with Gasteiger partial charge in [-0.2, -0.15) is 0 Å². The molecule has 0 fully saturated rings. The summed E-state index contributed by atoms with van der Waals surface area (Å²) in [5, 5.41) is 4.54. The fourth-order valence-electron chi connectivity index (χ4n) is 2.22. The van der Waals surface area contributed by atoms with Crippen LogP contribution in [0.25, 0.3) is 0 Å². The summed E-state index contributed by atoms with van der Waals surface area (Å²) < 4.78 is 27.1. The number of carbonyl (C=O) groups excluding carboxylic acids is 1. The second kappa shape index (κ2) is 7.94. The number of benzene rings is 2. The molecule has 2 aromatic carbocycles. The van der Waals surface area contributed by atoms with Crippen LogP contribution in [0.15, 0.2) is 75.1 Å². The van der Waals surface area contributed by atoms with E-state index in [0.717, 1.165) is 16.2 Å². The summed E-state index contributed by atoms with van der Waals surface area (Å²) in [7, 11) is -3.59. The van der Waals surface area contributed by atoms with Crippen molar-refractivity contribution in [1.29, 1.82) is 0 Å². The smallest absolute Gasteiger partial charge is 0.271 e. The first-order chi connectivity index (χ1) is 12.5. The van der Waals surface area contributed by atoms with E-state index in [4.69, 9.17) is 0 Å². The third-order valence-corrected chi connectivity index (χ3v) is 6.99. The van der Waals surface area contributed by atoms with Gasteiger partial charge in [-0.3, -0.25) is 9.52 Å². The van der Waals surface area contributed by atoms with Crippen molar-refractivity contribution in [2.45, 2.75) is 9.10 Å². The third-order valence-electron chi connectivity index (χ3n) is 3.49. The largest absolute Gasteiger partial charge is 0.322 e. The van der Waals surface area contributed by atoms with Crippen molar-refractivity contribution >= 4 is 50.4 Å². The van der Waals surface area contributed by atoms with E-state index in [1.807, 2.05) is 30.5 Å². The number of anilines is 2. The van der Waals surface area contributed by atoms with Crippen LogP contribution < -0.4 is 10.0 Å². The molecule has 0 saturated carbocycles. The molecular formula is C18H16N2O3S3. The number of hydrogen-bond donors (Lipinski definition) is 2. The van der Waals surface area contributed by atoms with Crippen LogP contribution >= 0.6 is 23.1 Å². The van der Waals surface area contributed by atoms with Crippen molar-refractivity contribution in [2.24, 2.45) is 0 Å². The van der Waals surface area contributed by atoms with E-state index >= 15 is 0 Å². The maximum atomic E-state index is 12.3. The molecule has 0 radical (unpaired) electrons. The van der Waals surface area contributed by atoms with Gasteiger partial charge in [0.15, 0.2) is 0 Å². The fraction of sp³-hybridized carbons (Fsp3) is 0.0556. The van der Waals surface area contributed by atoms with Crippen molar-refractivity contribution in [3.05, 3.63) is 71.6 Å². The molecule has 0 spiro atoms. The Labute approximate surface area is 160 Å². The van der Waals surface area contributed by atoms with Gasteiger partial charge in [0.25, 0.3) is 15.9 Å². The van der Waals surface area contributed by atoms with Gasteiger partial charge in [-0.05, 0) is 60.2 Å². The molecule has 2 N–H and O–H groups in total. The van der Waals surface area contributed by atoms with Crippen LogP contribution in [0.3, 0.4) is 0 Å². The summed E-state index contributed by atoms with van der Waals surface area (Å²) in [6.07, 6.45) is 1.97. The SMILES string of the molecule is CSc1cccc(NC(=O)c2ccc(NS(=O)(=O)c3cccs3)cc2)c1. The molecule has 5 nitrogen and oxygen atoms in total. The maximum absolute atomic E-state index is 12.3. The Morgan fingerprint density at radius 2 is 1.77 bits per heavy atom. The summed E-state index contributed by atoms with van der Waals surface area (Å²) in [6.45, 7) is 0. The highest BCUT2D eigenvalue weighted by Gasteiger charge is 2.15. The highest BCUT2D eigenvalue weighted by molar-refractivity contribution is 7.98. The minimum Gasteiger partial charge on any atom is -0.322 e. The lowest BCUT2D eigenvalue weighted by Crippen LogP contribution is -2.13. The first-order valence-electron chi connectivity index (χ1n) is 7.60. The number of thiophene rings is 1. The van der Waals surface area contributed by atoms with Gasteiger partial charge >= 0.3 is 0 Å². The fourth-order valence-corrected chi connectivity index (χ4v) is 4.73. The molecule has 0 atom stereocenters. The minimum atomic E-state index is -3.59. The number of carbonyl (C=O) groups is 1. The Bertz CT molecular complexity index is 998. The van der Waals surface area contributed by atoms with Crippen LogP contribution in [0.2, 0.25) is 0 Å². The molecule has 0 aliphatic rings. The van der Waals surface area contributed by atoms with E-state index in [0.29, 0.717) is 16.9 Å². The van der Waals surface area contributed by atoms with Gasteiger partial charge in [-0.1, -0.05) is 12.1 Å². The van der Waals surface area contributed by atoms with Gasteiger partial charge < -0.3 is 5.32 Å². The molecule has 0 aliphatic carbocycles. The molecular weight excluding hydrogens is 388 g/mol. The van der Waals surface area contributed by atoms with E-state index in [2.05, 4.69) is 10.0 Å². The average molecular weight is 405 g/mol. The van der Waals surface area contributed by atoms with Crippen molar-refractivity contribution in [1.82, 2.24) is 0 Å². The van der Waals surface area contributed by atoms with E-state index < -0.39 is 10.0 Å². The molecule has 0 unspecified atom stereocenters. The molecule has 1 amide bonds. The lowest BCUT2D eigenvalue weighted by Gasteiger charge is -2.09. The topological polar surface area (TPSA) is 75.3 Å². The first kappa shape index (κ1) is 18.5. The number of hydrogen-bond acceptors (Lipinski definition) is 5. The molecule has 8 heteroatoms. The summed E-state index contributed by atoms with van der Waals surface area (Å²) >= 11 is 2.74. The van der Waals surface area contributed by atoms with Gasteiger partial charge in [0, 0.05) is 21.8 Å². The number of thioether (sulfide) groups is 1. The van der Waals surface area contributed by atoms with Crippen LogP contribution in [0.5, 0.6) is 0 Å².